The van der Waals surface area contributed by atoms with Crippen LogP contribution in [0.1, 0.15) is 0 Å². The number of rotatable bonds is 0. The van der Waals surface area contributed by atoms with Crippen molar-refractivity contribution in [1.29, 1.82) is 0 Å². The van der Waals surface area contributed by atoms with Crippen molar-refractivity contribution < 1.29 is 0 Å². The third kappa shape index (κ3) is 16.4. The molecule has 0 aromatic carbocycles. The Morgan fingerprint density at radius 3 is 1.83 bits per heavy atom. The average molecular weight is 137 g/mol. The molecule has 0 aliphatic rings. The Kier molecular flexibility index (Phi) is 41.1. The van der Waals surface area contributed by atoms with Crippen LogP contribution < -0.4 is 0 Å². The molecule has 0 atom stereocenters. The molecular weight excluding hydrogens is 132 g/mol. The van der Waals surface area contributed by atoms with E-state index < -0.39 is 0 Å². The molecule has 0 fully saturated rings. The maximum absolute atomic E-state index is 7.37. The van der Waals surface area contributed by atoms with Crippen LogP contribution in [-0.2, 0) is 0 Å². The van der Waals surface area contributed by atoms with E-state index in [0.29, 0.717) is 10.4 Å². The van der Waals surface area contributed by atoms with Gasteiger partial charge in [-0.05, 0) is 10.4 Å². The fraction of sp³-hybridized carbons (Fsp3) is 0. The number of hydrogen-bond donors (Lipinski definition) is 0. The molecule has 0 saturated carbocycles. The SMILES string of the molecule is [KH].[N-]=[N+]=N[SiH3].[NaH]. The van der Waals surface area contributed by atoms with Crippen LogP contribution in [0.5, 0.6) is 0 Å². The molecular formula is H5KN3NaSi. The van der Waals surface area contributed by atoms with Crippen LogP contribution in [0, 0.1) is 0 Å². The standard InChI is InChI=1S/K.H3N3Si.Na.2H/c;1-2-3-4;;;/h;4H3;;;. The van der Waals surface area contributed by atoms with E-state index in [2.05, 4.69) is 9.69 Å². The van der Waals surface area contributed by atoms with E-state index in [1.807, 2.05) is 0 Å². The molecule has 26 valence electrons. The zero-order chi connectivity index (χ0) is 3.41. The fourth-order valence-corrected chi connectivity index (χ4v) is 0. The van der Waals surface area contributed by atoms with E-state index in [-0.39, 0.29) is 80.9 Å². The van der Waals surface area contributed by atoms with Gasteiger partial charge in [0.2, 0.25) is 0 Å². The summed E-state index contributed by atoms with van der Waals surface area (Å²) in [5.74, 6) is 0. The summed E-state index contributed by atoms with van der Waals surface area (Å²) in [6.45, 7) is 0. The summed E-state index contributed by atoms with van der Waals surface area (Å²) < 4.78 is 3.06. The van der Waals surface area contributed by atoms with Gasteiger partial charge in [0.25, 0.3) is 0 Å². The van der Waals surface area contributed by atoms with E-state index in [4.69, 9.17) is 5.53 Å². The van der Waals surface area contributed by atoms with E-state index in [1.165, 1.54) is 0 Å². The van der Waals surface area contributed by atoms with Gasteiger partial charge in [-0.15, -0.1) is 4.78 Å². The number of nitrogens with zero attached hydrogens (tertiary/aromatic N) is 3. The third-order valence-electron chi connectivity index (χ3n) is 0.0894. The molecule has 0 spiro atoms. The molecule has 0 unspecified atom stereocenters. The molecule has 0 bridgehead atoms. The summed E-state index contributed by atoms with van der Waals surface area (Å²) in [4.78, 5) is 2.42. The van der Waals surface area contributed by atoms with Gasteiger partial charge < -0.3 is 0 Å². The van der Waals surface area contributed by atoms with Crippen LogP contribution in [0.3, 0.4) is 0 Å². The van der Waals surface area contributed by atoms with Crippen molar-refractivity contribution in [3.8, 4) is 0 Å². The Labute approximate surface area is 104 Å². The summed E-state index contributed by atoms with van der Waals surface area (Å²) in [7, 11) is 0.598. The van der Waals surface area contributed by atoms with Crippen LogP contribution in [0.15, 0.2) is 4.78 Å². The zero-order valence-corrected chi connectivity index (χ0v) is 4.34. The molecule has 0 radical (unpaired) electrons. The van der Waals surface area contributed by atoms with Gasteiger partial charge in [-0.1, -0.05) is 0 Å². The third-order valence-corrected chi connectivity index (χ3v) is 0.268. The molecule has 0 heterocycles. The molecule has 6 heteroatoms. The molecule has 6 heavy (non-hydrogen) atoms. The first-order chi connectivity index (χ1) is 1.91. The van der Waals surface area contributed by atoms with Crippen LogP contribution in [0.2, 0.25) is 0 Å². The fourth-order valence-electron chi connectivity index (χ4n) is 0. The Morgan fingerprint density at radius 2 is 1.83 bits per heavy atom. The first-order valence-electron chi connectivity index (χ1n) is 0.847. The van der Waals surface area contributed by atoms with Crippen molar-refractivity contribution in [1.82, 2.24) is 0 Å². The Balaban J connectivity index is -0.0000000450. The van der Waals surface area contributed by atoms with Crippen LogP contribution >= 0.6 is 0 Å². The second kappa shape index (κ2) is 15.7. The van der Waals surface area contributed by atoms with Crippen molar-refractivity contribution >= 4 is 91.3 Å². The van der Waals surface area contributed by atoms with Crippen molar-refractivity contribution in [2.24, 2.45) is 4.78 Å². The zero-order valence-electron chi connectivity index (χ0n) is 2.34. The second-order valence-corrected chi connectivity index (χ2v) is 0.689. The van der Waals surface area contributed by atoms with Crippen LogP contribution in [0.4, 0.5) is 0 Å². The first-order valence-corrected chi connectivity index (χ1v) is 1.74. The van der Waals surface area contributed by atoms with Crippen molar-refractivity contribution in [3.05, 3.63) is 10.4 Å². The van der Waals surface area contributed by atoms with E-state index in [1.54, 1.807) is 0 Å². The van der Waals surface area contributed by atoms with Gasteiger partial charge in [-0.25, -0.2) is 0 Å². The minimum atomic E-state index is 0. The first kappa shape index (κ1) is 15.7. The number of hydrogen-bond acceptors (Lipinski definition) is 1. The van der Waals surface area contributed by atoms with Gasteiger partial charge in [0.05, 0.1) is 0 Å². The van der Waals surface area contributed by atoms with Gasteiger partial charge in [-0.3, -0.25) is 0 Å². The second-order valence-electron chi connectivity index (χ2n) is 0.289. The monoisotopic (exact) mass is 137 g/mol. The van der Waals surface area contributed by atoms with Crippen LogP contribution in [-0.4, -0.2) is 91.3 Å². The van der Waals surface area contributed by atoms with Gasteiger partial charge in [0, 0.05) is 0 Å². The summed E-state index contributed by atoms with van der Waals surface area (Å²) in [6.07, 6.45) is 0. The summed E-state index contributed by atoms with van der Waals surface area (Å²) in [5.41, 5.74) is 7.37. The summed E-state index contributed by atoms with van der Waals surface area (Å²) in [6, 6.07) is 0. The summed E-state index contributed by atoms with van der Waals surface area (Å²) >= 11 is 0. The van der Waals surface area contributed by atoms with Crippen molar-refractivity contribution in [2.75, 3.05) is 0 Å². The van der Waals surface area contributed by atoms with Gasteiger partial charge in [-0.2, -0.15) is 0 Å². The predicted octanol–water partition coefficient (Wildman–Crippen LogP) is -1.72. The molecule has 0 aliphatic carbocycles. The minimum absolute atomic E-state index is 0. The molecule has 0 rings (SSSR count). The van der Waals surface area contributed by atoms with Gasteiger partial charge >= 0.3 is 80.9 Å². The number of azide groups is 1. The average Bonchev–Trinajstić information content (AvgIpc) is 1.37. The molecule has 0 aromatic rings. The van der Waals surface area contributed by atoms with E-state index in [9.17, 15) is 0 Å². The molecule has 0 aromatic heterocycles. The topological polar surface area (TPSA) is 48.8 Å². The Hall–Kier alpha value is 2.16. The Morgan fingerprint density at radius 1 is 1.67 bits per heavy atom. The van der Waals surface area contributed by atoms with Crippen molar-refractivity contribution in [3.63, 3.8) is 0 Å². The Bertz CT molecular complexity index is 48.8. The molecule has 0 aliphatic heterocycles. The maximum atomic E-state index is 7.37. The summed E-state index contributed by atoms with van der Waals surface area (Å²) in [5, 5.41) is 0. The van der Waals surface area contributed by atoms with Crippen molar-refractivity contribution in [2.45, 2.75) is 0 Å². The molecule has 0 amide bonds. The molecule has 3 nitrogen and oxygen atoms in total. The van der Waals surface area contributed by atoms with Gasteiger partial charge in [0.1, 0.15) is 10.4 Å². The quantitative estimate of drug-likeness (QED) is 0.165. The van der Waals surface area contributed by atoms with Crippen LogP contribution in [0.25, 0.3) is 10.4 Å². The predicted molar refractivity (Wildman–Crippen MR) is 33.4 cm³/mol. The molecule has 0 N–H and O–H groups in total. The normalized spacial score (nSPS) is 3.33. The van der Waals surface area contributed by atoms with E-state index >= 15 is 0 Å². The van der Waals surface area contributed by atoms with E-state index in [0.717, 1.165) is 0 Å². The van der Waals surface area contributed by atoms with Gasteiger partial charge in [0.15, 0.2) is 0 Å². The molecule has 0 saturated heterocycles.